The predicted molar refractivity (Wildman–Crippen MR) is 100 cm³/mol. The molecule has 2 unspecified atom stereocenters. The topological polar surface area (TPSA) is 75.3 Å². The smallest absolute Gasteiger partial charge is 0.236 e. The Morgan fingerprint density at radius 1 is 1.32 bits per heavy atom. The number of fused-ring (bicyclic) bond motifs is 1. The van der Waals surface area contributed by atoms with E-state index >= 15 is 0 Å². The first kappa shape index (κ1) is 16.6. The van der Waals surface area contributed by atoms with E-state index in [9.17, 15) is 5.11 Å². The van der Waals surface area contributed by atoms with Crippen LogP contribution in [0.1, 0.15) is 18.7 Å². The average molecular weight is 396 g/mol. The molecule has 2 atom stereocenters. The molecule has 130 valence electrons. The maximum absolute atomic E-state index is 9.42. The highest BCUT2D eigenvalue weighted by Crippen LogP contribution is 2.29. The van der Waals surface area contributed by atoms with Crippen molar-refractivity contribution >= 4 is 44.6 Å². The van der Waals surface area contributed by atoms with Crippen molar-refractivity contribution in [1.29, 1.82) is 0 Å². The fourth-order valence-electron chi connectivity index (χ4n) is 2.75. The largest absolute Gasteiger partial charge is 0.508 e. The first-order valence-corrected chi connectivity index (χ1v) is 9.49. The van der Waals surface area contributed by atoms with Crippen LogP contribution in [-0.2, 0) is 6.42 Å². The van der Waals surface area contributed by atoms with E-state index in [1.54, 1.807) is 10.6 Å². The van der Waals surface area contributed by atoms with E-state index in [1.165, 1.54) is 11.3 Å². The van der Waals surface area contributed by atoms with Crippen LogP contribution in [0.15, 0.2) is 46.9 Å². The summed E-state index contributed by atoms with van der Waals surface area (Å²) >= 11 is 13.8. The van der Waals surface area contributed by atoms with Gasteiger partial charge in [-0.3, -0.25) is 0 Å². The normalized spacial score (nSPS) is 23.4. The van der Waals surface area contributed by atoms with Crippen molar-refractivity contribution in [1.82, 2.24) is 19.8 Å². The first-order chi connectivity index (χ1) is 12.1. The second-order valence-corrected chi connectivity index (χ2v) is 7.84. The standard InChI is InChI=1S/C16H15Cl2N5OS/c17-10-3-6-12(18)13(8-10)19-15-22-23-14(20-21-16(23)25-15)7-9-1-4-11(24)5-2-9/h1,4-6,8-10,24H,2-3,7H2,(H,19,22). The molecular formula is C16H15Cl2N5OS. The number of nitrogens with zero attached hydrogens (tertiary/aromatic N) is 4. The number of aliphatic hydroxyl groups excluding tert-OH is 1. The van der Waals surface area contributed by atoms with Crippen molar-refractivity contribution in [3.63, 3.8) is 0 Å². The third-order valence-electron chi connectivity index (χ3n) is 4.04. The Morgan fingerprint density at radius 2 is 2.20 bits per heavy atom. The molecule has 2 aromatic rings. The monoisotopic (exact) mass is 395 g/mol. The molecule has 6 nitrogen and oxygen atoms in total. The zero-order valence-electron chi connectivity index (χ0n) is 13.1. The maximum atomic E-state index is 9.42. The van der Waals surface area contributed by atoms with Gasteiger partial charge in [0.2, 0.25) is 10.1 Å². The van der Waals surface area contributed by atoms with Crippen molar-refractivity contribution in [3.8, 4) is 0 Å². The Balaban J connectivity index is 1.53. The molecule has 0 amide bonds. The number of halogens is 2. The van der Waals surface area contributed by atoms with Gasteiger partial charge < -0.3 is 10.4 Å². The van der Waals surface area contributed by atoms with Crippen molar-refractivity contribution in [3.05, 3.63) is 52.7 Å². The minimum Gasteiger partial charge on any atom is -0.508 e. The van der Waals surface area contributed by atoms with Crippen molar-refractivity contribution in [2.24, 2.45) is 5.92 Å². The highest BCUT2D eigenvalue weighted by Gasteiger charge is 2.18. The predicted octanol–water partition coefficient (Wildman–Crippen LogP) is 4.18. The minimum absolute atomic E-state index is 0.0752. The van der Waals surface area contributed by atoms with Crippen LogP contribution in [0.3, 0.4) is 0 Å². The lowest BCUT2D eigenvalue weighted by molar-refractivity contribution is 0.420. The molecule has 2 aliphatic carbocycles. The molecule has 2 aliphatic rings. The third kappa shape index (κ3) is 3.58. The molecule has 0 radical (unpaired) electrons. The number of alkyl halides is 1. The quantitative estimate of drug-likeness (QED) is 0.759. The summed E-state index contributed by atoms with van der Waals surface area (Å²) in [5, 5.41) is 26.8. The van der Waals surface area contributed by atoms with Gasteiger partial charge in [0.1, 0.15) is 5.76 Å². The Bertz CT molecular complexity index is 926. The highest BCUT2D eigenvalue weighted by molar-refractivity contribution is 7.20. The lowest BCUT2D eigenvalue weighted by atomic mass is 9.96. The number of nitrogens with one attached hydrogen (secondary N) is 1. The Morgan fingerprint density at radius 3 is 3.00 bits per heavy atom. The van der Waals surface area contributed by atoms with Gasteiger partial charge in [-0.2, -0.15) is 4.52 Å². The molecule has 2 heterocycles. The summed E-state index contributed by atoms with van der Waals surface area (Å²) in [6, 6.07) is 0. The fraction of sp³-hybridized carbons (Fsp3) is 0.312. The van der Waals surface area contributed by atoms with E-state index in [2.05, 4.69) is 20.6 Å². The van der Waals surface area contributed by atoms with Crippen molar-refractivity contribution in [2.45, 2.75) is 24.6 Å². The highest BCUT2D eigenvalue weighted by atomic mass is 35.5. The zero-order valence-corrected chi connectivity index (χ0v) is 15.4. The summed E-state index contributed by atoms with van der Waals surface area (Å²) in [5.41, 5.74) is 0.759. The van der Waals surface area contributed by atoms with Crippen LogP contribution < -0.4 is 5.32 Å². The van der Waals surface area contributed by atoms with Gasteiger partial charge >= 0.3 is 0 Å². The molecule has 2 N–H and O–H groups in total. The molecule has 0 saturated carbocycles. The zero-order chi connectivity index (χ0) is 17.4. The van der Waals surface area contributed by atoms with Gasteiger partial charge in [-0.1, -0.05) is 35.1 Å². The van der Waals surface area contributed by atoms with E-state index in [1.807, 2.05) is 24.3 Å². The van der Waals surface area contributed by atoms with Crippen LogP contribution in [0.25, 0.3) is 4.96 Å². The molecule has 4 rings (SSSR count). The van der Waals surface area contributed by atoms with Crippen LogP contribution in [0, 0.1) is 5.92 Å². The lowest BCUT2D eigenvalue weighted by Gasteiger charge is -2.14. The van der Waals surface area contributed by atoms with Gasteiger partial charge in [-0.15, -0.1) is 26.9 Å². The summed E-state index contributed by atoms with van der Waals surface area (Å²) < 4.78 is 1.75. The van der Waals surface area contributed by atoms with E-state index < -0.39 is 0 Å². The summed E-state index contributed by atoms with van der Waals surface area (Å²) in [5.74, 6) is 1.38. The molecule has 9 heteroatoms. The number of rotatable bonds is 4. The van der Waals surface area contributed by atoms with Gasteiger partial charge in [-0.25, -0.2) is 0 Å². The van der Waals surface area contributed by atoms with Crippen LogP contribution >= 0.6 is 34.5 Å². The Kier molecular flexibility index (Phi) is 4.54. The van der Waals surface area contributed by atoms with Crippen LogP contribution in [0.5, 0.6) is 0 Å². The second kappa shape index (κ2) is 6.82. The van der Waals surface area contributed by atoms with Gasteiger partial charge in [0, 0.05) is 6.42 Å². The van der Waals surface area contributed by atoms with E-state index in [4.69, 9.17) is 23.2 Å². The Labute approximate surface area is 158 Å². The van der Waals surface area contributed by atoms with Crippen LogP contribution in [0.4, 0.5) is 5.13 Å². The van der Waals surface area contributed by atoms with E-state index in [-0.39, 0.29) is 11.3 Å². The number of hydrogen-bond donors (Lipinski definition) is 2. The van der Waals surface area contributed by atoms with Crippen LogP contribution in [-0.4, -0.2) is 30.3 Å². The number of allylic oxidation sites excluding steroid dienone is 6. The maximum Gasteiger partial charge on any atom is 0.236 e. The lowest BCUT2D eigenvalue weighted by Crippen LogP contribution is -2.09. The first-order valence-electron chi connectivity index (χ1n) is 7.86. The number of anilines is 1. The second-order valence-electron chi connectivity index (χ2n) is 5.91. The molecule has 0 spiro atoms. The van der Waals surface area contributed by atoms with Gasteiger partial charge in [0.05, 0.1) is 16.1 Å². The van der Waals surface area contributed by atoms with Crippen molar-refractivity contribution in [2.75, 3.05) is 5.32 Å². The summed E-state index contributed by atoms with van der Waals surface area (Å²) in [7, 11) is 0. The number of aliphatic hydroxyl groups is 1. The minimum atomic E-state index is -0.0752. The molecule has 0 fully saturated rings. The van der Waals surface area contributed by atoms with Gasteiger partial charge in [0.15, 0.2) is 5.82 Å². The molecule has 25 heavy (non-hydrogen) atoms. The average Bonchev–Trinajstić information content (AvgIpc) is 3.14. The van der Waals surface area contributed by atoms with E-state index in [0.717, 1.165) is 29.3 Å². The fourth-order valence-corrected chi connectivity index (χ4v) is 3.93. The Hall–Kier alpha value is -1.83. The molecule has 0 aliphatic heterocycles. The SMILES string of the molecule is OC1=CCC(Cc2nnc3sc(NC4=CC(Cl)CC=C4Cl)nn23)C=C1. The molecular weight excluding hydrogens is 381 g/mol. The molecule has 0 aromatic carbocycles. The summed E-state index contributed by atoms with van der Waals surface area (Å²) in [4.78, 5) is 0.717. The number of aromatic nitrogens is 4. The van der Waals surface area contributed by atoms with E-state index in [0.29, 0.717) is 22.3 Å². The molecule has 2 aromatic heterocycles. The van der Waals surface area contributed by atoms with Gasteiger partial charge in [0.25, 0.3) is 0 Å². The molecule has 0 bridgehead atoms. The summed E-state index contributed by atoms with van der Waals surface area (Å²) in [6.45, 7) is 0. The van der Waals surface area contributed by atoms with Crippen molar-refractivity contribution < 1.29 is 5.11 Å². The number of hydrogen-bond acceptors (Lipinski definition) is 6. The third-order valence-corrected chi connectivity index (χ3v) is 5.51. The van der Waals surface area contributed by atoms with Gasteiger partial charge in [-0.05, 0) is 37.0 Å². The van der Waals surface area contributed by atoms with Crippen LogP contribution in [0.2, 0.25) is 0 Å². The summed E-state index contributed by atoms with van der Waals surface area (Å²) in [6.07, 6.45) is 11.5. The molecule has 0 saturated heterocycles.